The van der Waals surface area contributed by atoms with Crippen molar-refractivity contribution in [2.75, 3.05) is 0 Å². The molecule has 0 aromatic carbocycles. The average Bonchev–Trinajstić information content (AvgIpc) is 2.14. The molecule has 0 fully saturated rings. The molecule has 1 heterocycles. The largest absolute Gasteiger partial charge is 0.296 e. The molecule has 8 heavy (non-hydrogen) atoms. The van der Waals surface area contributed by atoms with Crippen LogP contribution in [0.15, 0.2) is 9.72 Å². The normalized spacial score (nSPS) is 9.12. The fourth-order valence-corrected chi connectivity index (χ4v) is 1.07. The lowest BCUT2D eigenvalue weighted by Crippen LogP contribution is -1.76. The fraction of sp³-hybridized carbons (Fsp3) is 0. The molecule has 2 nitrogen and oxygen atoms in total. The molecule has 4 heteroatoms. The van der Waals surface area contributed by atoms with Crippen molar-refractivity contribution in [1.82, 2.24) is 4.98 Å². The summed E-state index contributed by atoms with van der Waals surface area (Å²) >= 11 is 5.30. The number of thiol groups is 1. The van der Waals surface area contributed by atoms with Crippen molar-refractivity contribution < 1.29 is 4.79 Å². The van der Waals surface area contributed by atoms with E-state index in [0.717, 1.165) is 0 Å². The zero-order valence-electron chi connectivity index (χ0n) is 3.87. The summed E-state index contributed by atoms with van der Waals surface area (Å²) in [4.78, 5) is 13.7. The minimum Gasteiger partial charge on any atom is -0.296 e. The molecule has 1 aromatic rings. The lowest BCUT2D eigenvalue weighted by Gasteiger charge is -1.76. The molecule has 0 aliphatic rings. The minimum atomic E-state index is 0.429. The van der Waals surface area contributed by atoms with Gasteiger partial charge in [0, 0.05) is 0 Å². The van der Waals surface area contributed by atoms with Gasteiger partial charge in [-0.05, 0) is 0 Å². The van der Waals surface area contributed by atoms with Crippen LogP contribution in [0.4, 0.5) is 0 Å². The maximum Gasteiger partial charge on any atom is 0.170 e. The number of nitrogens with zero attached hydrogens (tertiary/aromatic N) is 1. The summed E-state index contributed by atoms with van der Waals surface area (Å²) in [5, 5.41) is 0. The first-order chi connectivity index (χ1) is 3.84. The van der Waals surface area contributed by atoms with E-state index in [4.69, 9.17) is 0 Å². The molecule has 0 bridgehead atoms. The van der Waals surface area contributed by atoms with Crippen molar-refractivity contribution in [2.45, 2.75) is 4.21 Å². The monoisotopic (exact) mass is 145 g/mol. The van der Waals surface area contributed by atoms with Crippen LogP contribution in [0.3, 0.4) is 0 Å². The second kappa shape index (κ2) is 2.28. The number of hydrogen-bond donors (Lipinski definition) is 1. The van der Waals surface area contributed by atoms with Gasteiger partial charge < -0.3 is 0 Å². The van der Waals surface area contributed by atoms with Gasteiger partial charge in [-0.25, -0.2) is 4.98 Å². The Labute approximate surface area is 56.0 Å². The molecule has 0 aliphatic heterocycles. The van der Waals surface area contributed by atoms with Crippen LogP contribution < -0.4 is 0 Å². The molecule has 0 amide bonds. The van der Waals surface area contributed by atoms with E-state index in [1.807, 2.05) is 0 Å². The molecule has 1 aromatic heterocycles. The van der Waals surface area contributed by atoms with Crippen molar-refractivity contribution >= 4 is 30.3 Å². The summed E-state index contributed by atoms with van der Waals surface area (Å²) < 4.78 is 0.681. The van der Waals surface area contributed by atoms with Gasteiger partial charge in [0.15, 0.2) is 6.29 Å². The Morgan fingerprint density at radius 2 is 2.62 bits per heavy atom. The van der Waals surface area contributed by atoms with E-state index in [-0.39, 0.29) is 0 Å². The van der Waals surface area contributed by atoms with Gasteiger partial charge in [0.25, 0.3) is 0 Å². The molecule has 42 valence electrons. The molecule has 0 atom stereocenters. The third-order valence-electron chi connectivity index (χ3n) is 0.687. The first-order valence-electron chi connectivity index (χ1n) is 1.92. The van der Waals surface area contributed by atoms with Gasteiger partial charge in [0.05, 0.1) is 9.72 Å². The third kappa shape index (κ3) is 0.900. The molecule has 0 saturated carbocycles. The number of carbonyl (C=O) groups is 1. The van der Waals surface area contributed by atoms with Gasteiger partial charge in [-0.15, -0.1) is 24.0 Å². The summed E-state index contributed by atoms with van der Waals surface area (Å²) in [6.45, 7) is 0. The first-order valence-corrected chi connectivity index (χ1v) is 3.25. The van der Waals surface area contributed by atoms with E-state index in [1.165, 1.54) is 11.3 Å². The van der Waals surface area contributed by atoms with Crippen molar-refractivity contribution in [2.24, 2.45) is 0 Å². The van der Waals surface area contributed by atoms with Crippen LogP contribution in [0, 0.1) is 0 Å². The van der Waals surface area contributed by atoms with Crippen molar-refractivity contribution in [3.05, 3.63) is 11.2 Å². The molecule has 0 radical (unpaired) electrons. The van der Waals surface area contributed by atoms with Crippen molar-refractivity contribution in [3.8, 4) is 0 Å². The summed E-state index contributed by atoms with van der Waals surface area (Å²) in [7, 11) is 0. The highest BCUT2D eigenvalue weighted by atomic mass is 32.2. The third-order valence-corrected chi connectivity index (χ3v) is 1.88. The Morgan fingerprint density at radius 3 is 2.88 bits per heavy atom. The van der Waals surface area contributed by atoms with Crippen LogP contribution >= 0.6 is 24.0 Å². The second-order valence-corrected chi connectivity index (χ2v) is 2.77. The molecular weight excluding hydrogens is 142 g/mol. The Balaban J connectivity index is 3.09. The van der Waals surface area contributed by atoms with Crippen LogP contribution in [0.1, 0.15) is 10.5 Å². The van der Waals surface area contributed by atoms with E-state index < -0.39 is 0 Å². The Hall–Kier alpha value is -0.350. The lowest BCUT2D eigenvalue weighted by molar-refractivity contribution is 0.111. The summed E-state index contributed by atoms with van der Waals surface area (Å²) in [5.74, 6) is 0. The predicted octanol–water partition coefficient (Wildman–Crippen LogP) is 1.24. The van der Waals surface area contributed by atoms with Gasteiger partial charge >= 0.3 is 0 Å². The fourth-order valence-electron chi connectivity index (χ4n) is 0.329. The first kappa shape index (κ1) is 5.78. The van der Waals surface area contributed by atoms with Crippen molar-refractivity contribution in [3.63, 3.8) is 0 Å². The minimum absolute atomic E-state index is 0.429. The van der Waals surface area contributed by atoms with Gasteiger partial charge in [-0.1, -0.05) is 0 Å². The maximum absolute atomic E-state index is 9.98. The molecular formula is C4H3NOS2. The van der Waals surface area contributed by atoms with Crippen LogP contribution in [-0.2, 0) is 0 Å². The Bertz CT molecular complexity index is 196. The average molecular weight is 145 g/mol. The molecule has 1 rings (SSSR count). The summed E-state index contributed by atoms with van der Waals surface area (Å²) in [5.41, 5.74) is 2.02. The highest BCUT2D eigenvalue weighted by Crippen LogP contribution is 2.14. The highest BCUT2D eigenvalue weighted by molar-refractivity contribution is 7.82. The summed E-state index contributed by atoms with van der Waals surface area (Å²) in [6, 6.07) is 0. The van der Waals surface area contributed by atoms with Gasteiger partial charge in [0.1, 0.15) is 5.69 Å². The number of aromatic nitrogens is 1. The Kier molecular flexibility index (Phi) is 1.65. The van der Waals surface area contributed by atoms with E-state index in [0.29, 0.717) is 16.2 Å². The smallest absolute Gasteiger partial charge is 0.170 e. The van der Waals surface area contributed by atoms with Crippen LogP contribution in [0.5, 0.6) is 0 Å². The highest BCUT2D eigenvalue weighted by Gasteiger charge is 1.96. The van der Waals surface area contributed by atoms with E-state index in [1.54, 1.807) is 5.51 Å². The zero-order chi connectivity index (χ0) is 5.98. The van der Waals surface area contributed by atoms with E-state index in [9.17, 15) is 4.79 Å². The van der Waals surface area contributed by atoms with E-state index in [2.05, 4.69) is 17.6 Å². The van der Waals surface area contributed by atoms with Crippen LogP contribution in [-0.4, -0.2) is 11.3 Å². The molecule has 0 unspecified atom stereocenters. The topological polar surface area (TPSA) is 30.0 Å². The van der Waals surface area contributed by atoms with Gasteiger partial charge in [0.2, 0.25) is 0 Å². The van der Waals surface area contributed by atoms with Gasteiger partial charge in [-0.2, -0.15) is 0 Å². The maximum atomic E-state index is 9.98. The molecule has 0 N–H and O–H groups in total. The molecule has 0 spiro atoms. The molecule has 0 aliphatic carbocycles. The standard InChI is InChI=1S/C4H3NOS2/c6-1-3-4(7)8-2-5-3/h1-2,7H. The SMILES string of the molecule is O=Cc1ncsc1S. The predicted molar refractivity (Wildman–Crippen MR) is 34.8 cm³/mol. The number of thiazole rings is 1. The summed E-state index contributed by atoms with van der Waals surface area (Å²) in [6.07, 6.45) is 0.693. The van der Waals surface area contributed by atoms with E-state index >= 15 is 0 Å². The molecule has 0 saturated heterocycles. The number of aldehydes is 1. The zero-order valence-corrected chi connectivity index (χ0v) is 5.58. The van der Waals surface area contributed by atoms with Crippen molar-refractivity contribution in [1.29, 1.82) is 0 Å². The number of hydrogen-bond acceptors (Lipinski definition) is 4. The second-order valence-electron chi connectivity index (χ2n) is 1.16. The number of carbonyl (C=O) groups excluding carboxylic acids is 1. The quantitative estimate of drug-likeness (QED) is 0.476. The van der Waals surface area contributed by atoms with Gasteiger partial charge in [-0.3, -0.25) is 4.79 Å². The number of rotatable bonds is 1. The van der Waals surface area contributed by atoms with Crippen LogP contribution in [0.2, 0.25) is 0 Å². The lowest BCUT2D eigenvalue weighted by atomic mass is 10.6. The Morgan fingerprint density at radius 1 is 1.88 bits per heavy atom. The van der Waals surface area contributed by atoms with Crippen LogP contribution in [0.25, 0.3) is 0 Å².